The highest BCUT2D eigenvalue weighted by Gasteiger charge is 2.23. The van der Waals surface area contributed by atoms with Gasteiger partial charge in [0.25, 0.3) is 5.91 Å². The van der Waals surface area contributed by atoms with E-state index >= 15 is 0 Å². The van der Waals surface area contributed by atoms with Gasteiger partial charge in [0.05, 0.1) is 9.95 Å². The van der Waals surface area contributed by atoms with Crippen molar-refractivity contribution in [2.24, 2.45) is 0 Å². The van der Waals surface area contributed by atoms with E-state index < -0.39 is 4.92 Å². The number of halogens is 2. The second-order valence-electron chi connectivity index (χ2n) is 7.11. The molecule has 2 heterocycles. The normalized spacial score (nSPS) is 13.7. The first-order valence-electron chi connectivity index (χ1n) is 9.78. The standard InChI is InChI=1S/C22H18Cl2N4O4/c23-16-3-7-20(19(13-16)28(30)31)32-18-5-1-15(2-6-18)22(29)27-11-9-26(10-12-27)21-8-4-17(24)14-25-21/h1-8,13-14H,9-12H2. The summed E-state index contributed by atoms with van der Waals surface area (Å²) in [6.45, 7) is 2.47. The fourth-order valence-electron chi connectivity index (χ4n) is 3.39. The van der Waals surface area contributed by atoms with Crippen LogP contribution >= 0.6 is 23.2 Å². The molecular formula is C22H18Cl2N4O4. The minimum Gasteiger partial charge on any atom is -0.450 e. The van der Waals surface area contributed by atoms with E-state index in [-0.39, 0.29) is 22.4 Å². The van der Waals surface area contributed by atoms with Gasteiger partial charge in [0.15, 0.2) is 0 Å². The lowest BCUT2D eigenvalue weighted by Gasteiger charge is -2.35. The smallest absolute Gasteiger partial charge is 0.313 e. The maximum Gasteiger partial charge on any atom is 0.313 e. The first kappa shape index (κ1) is 21.9. The number of carbonyl (C=O) groups is 1. The number of hydrogen-bond acceptors (Lipinski definition) is 6. The molecule has 0 atom stereocenters. The van der Waals surface area contributed by atoms with Crippen molar-refractivity contribution in [1.29, 1.82) is 0 Å². The Morgan fingerprint density at radius 2 is 1.66 bits per heavy atom. The van der Waals surface area contributed by atoms with Gasteiger partial charge in [0, 0.05) is 49.0 Å². The lowest BCUT2D eigenvalue weighted by Crippen LogP contribution is -2.49. The highest BCUT2D eigenvalue weighted by Crippen LogP contribution is 2.33. The van der Waals surface area contributed by atoms with Gasteiger partial charge in [0.1, 0.15) is 11.6 Å². The zero-order chi connectivity index (χ0) is 22.7. The minimum atomic E-state index is -0.557. The van der Waals surface area contributed by atoms with E-state index in [0.29, 0.717) is 42.5 Å². The summed E-state index contributed by atoms with van der Waals surface area (Å²) in [4.78, 5) is 31.7. The van der Waals surface area contributed by atoms with Crippen molar-refractivity contribution in [3.05, 3.63) is 86.5 Å². The van der Waals surface area contributed by atoms with E-state index in [9.17, 15) is 14.9 Å². The third-order valence-corrected chi connectivity index (χ3v) is 5.51. The summed E-state index contributed by atoms with van der Waals surface area (Å²) in [6.07, 6.45) is 1.61. The Kier molecular flexibility index (Phi) is 6.43. The molecule has 0 spiro atoms. The topological polar surface area (TPSA) is 88.8 Å². The molecule has 32 heavy (non-hydrogen) atoms. The number of pyridine rings is 1. The van der Waals surface area contributed by atoms with Gasteiger partial charge >= 0.3 is 5.69 Å². The van der Waals surface area contributed by atoms with Crippen molar-refractivity contribution in [3.8, 4) is 11.5 Å². The van der Waals surface area contributed by atoms with Gasteiger partial charge in [-0.3, -0.25) is 14.9 Å². The van der Waals surface area contributed by atoms with Crippen molar-refractivity contribution in [2.45, 2.75) is 0 Å². The largest absolute Gasteiger partial charge is 0.450 e. The highest BCUT2D eigenvalue weighted by atomic mass is 35.5. The van der Waals surface area contributed by atoms with Gasteiger partial charge in [-0.15, -0.1) is 0 Å². The van der Waals surface area contributed by atoms with Crippen LogP contribution in [0, 0.1) is 10.1 Å². The van der Waals surface area contributed by atoms with E-state index in [1.54, 1.807) is 41.4 Å². The molecule has 0 bridgehead atoms. The molecule has 0 radical (unpaired) electrons. The van der Waals surface area contributed by atoms with Gasteiger partial charge in [0.2, 0.25) is 5.75 Å². The van der Waals surface area contributed by atoms with Crippen molar-refractivity contribution < 1.29 is 14.5 Å². The molecule has 1 aliphatic rings. The van der Waals surface area contributed by atoms with Crippen LogP contribution in [0.15, 0.2) is 60.8 Å². The van der Waals surface area contributed by atoms with E-state index in [2.05, 4.69) is 9.88 Å². The van der Waals surface area contributed by atoms with Gasteiger partial charge in [-0.2, -0.15) is 0 Å². The van der Waals surface area contributed by atoms with Gasteiger partial charge in [-0.05, 0) is 48.5 Å². The number of nitro groups is 1. The second-order valence-corrected chi connectivity index (χ2v) is 7.98. The fraction of sp³-hybridized carbons (Fsp3) is 0.182. The number of anilines is 1. The molecule has 1 fully saturated rings. The van der Waals surface area contributed by atoms with Crippen molar-refractivity contribution in [3.63, 3.8) is 0 Å². The fourth-order valence-corrected chi connectivity index (χ4v) is 3.67. The summed E-state index contributed by atoms with van der Waals surface area (Å²) in [7, 11) is 0. The van der Waals surface area contributed by atoms with Gasteiger partial charge in [-0.25, -0.2) is 4.98 Å². The Hall–Kier alpha value is -3.36. The molecule has 0 unspecified atom stereocenters. The summed E-state index contributed by atoms with van der Waals surface area (Å²) in [5.74, 6) is 1.20. The van der Waals surface area contributed by atoms with Crippen LogP contribution < -0.4 is 9.64 Å². The molecule has 0 N–H and O–H groups in total. The summed E-state index contributed by atoms with van der Waals surface area (Å²) in [5.41, 5.74) is 0.284. The number of amides is 1. The highest BCUT2D eigenvalue weighted by molar-refractivity contribution is 6.31. The third kappa shape index (κ3) is 4.92. The van der Waals surface area contributed by atoms with E-state index in [4.69, 9.17) is 27.9 Å². The van der Waals surface area contributed by atoms with Crippen molar-refractivity contribution >= 4 is 40.6 Å². The Balaban J connectivity index is 1.39. The molecule has 1 amide bonds. The Bertz CT molecular complexity index is 1130. The number of nitrogens with zero attached hydrogens (tertiary/aromatic N) is 4. The number of ether oxygens (including phenoxy) is 1. The Morgan fingerprint density at radius 1 is 0.969 bits per heavy atom. The predicted octanol–water partition coefficient (Wildman–Crippen LogP) is 5.05. The molecule has 8 nitrogen and oxygen atoms in total. The molecule has 0 aliphatic carbocycles. The number of nitro benzene ring substituents is 1. The molecule has 3 aromatic rings. The average molecular weight is 473 g/mol. The minimum absolute atomic E-state index is 0.0745. The summed E-state index contributed by atoms with van der Waals surface area (Å²) >= 11 is 11.7. The maximum absolute atomic E-state index is 12.9. The van der Waals surface area contributed by atoms with Crippen LogP contribution in [-0.2, 0) is 0 Å². The van der Waals surface area contributed by atoms with Crippen LogP contribution in [0.25, 0.3) is 0 Å². The number of carbonyl (C=O) groups excluding carboxylic acids is 1. The molecule has 4 rings (SSSR count). The molecular weight excluding hydrogens is 455 g/mol. The lowest BCUT2D eigenvalue weighted by atomic mass is 10.1. The van der Waals surface area contributed by atoms with Crippen molar-refractivity contribution in [1.82, 2.24) is 9.88 Å². The van der Waals surface area contributed by atoms with Crippen LogP contribution in [0.2, 0.25) is 10.0 Å². The van der Waals surface area contributed by atoms with E-state index in [1.807, 2.05) is 6.07 Å². The lowest BCUT2D eigenvalue weighted by molar-refractivity contribution is -0.385. The van der Waals surface area contributed by atoms with Crippen molar-refractivity contribution in [2.75, 3.05) is 31.1 Å². The van der Waals surface area contributed by atoms with E-state index in [1.165, 1.54) is 18.2 Å². The zero-order valence-corrected chi connectivity index (χ0v) is 18.3. The van der Waals surface area contributed by atoms with Crippen LogP contribution in [0.1, 0.15) is 10.4 Å². The summed E-state index contributed by atoms with van der Waals surface area (Å²) < 4.78 is 5.63. The van der Waals surface area contributed by atoms with Crippen LogP contribution in [0.3, 0.4) is 0 Å². The molecule has 164 valence electrons. The van der Waals surface area contributed by atoms with Crippen LogP contribution in [0.4, 0.5) is 11.5 Å². The van der Waals surface area contributed by atoms with Gasteiger partial charge < -0.3 is 14.5 Å². The number of benzene rings is 2. The molecule has 0 saturated carbocycles. The number of aromatic nitrogens is 1. The number of piperazine rings is 1. The van der Waals surface area contributed by atoms with Gasteiger partial charge in [-0.1, -0.05) is 23.2 Å². The molecule has 1 saturated heterocycles. The first-order chi connectivity index (χ1) is 15.4. The van der Waals surface area contributed by atoms with Crippen LogP contribution in [-0.4, -0.2) is 46.9 Å². The molecule has 1 aromatic heterocycles. The number of rotatable bonds is 5. The Labute approximate surface area is 194 Å². The number of hydrogen-bond donors (Lipinski definition) is 0. The maximum atomic E-state index is 12.9. The van der Waals surface area contributed by atoms with E-state index in [0.717, 1.165) is 5.82 Å². The first-order valence-corrected chi connectivity index (χ1v) is 10.5. The molecule has 10 heteroatoms. The Morgan fingerprint density at radius 3 is 2.28 bits per heavy atom. The summed E-state index contributed by atoms with van der Waals surface area (Å²) in [6, 6.07) is 14.4. The molecule has 1 aliphatic heterocycles. The average Bonchev–Trinajstić information content (AvgIpc) is 2.81. The molecule has 2 aromatic carbocycles. The quantitative estimate of drug-likeness (QED) is 0.381. The predicted molar refractivity (Wildman–Crippen MR) is 122 cm³/mol. The SMILES string of the molecule is O=C(c1ccc(Oc2ccc(Cl)cc2[N+](=O)[O-])cc1)N1CCN(c2ccc(Cl)cn2)CC1. The monoisotopic (exact) mass is 472 g/mol. The van der Waals surface area contributed by atoms with Crippen LogP contribution in [0.5, 0.6) is 11.5 Å². The zero-order valence-electron chi connectivity index (χ0n) is 16.8. The third-order valence-electron chi connectivity index (χ3n) is 5.05. The second kappa shape index (κ2) is 9.42. The summed E-state index contributed by atoms with van der Waals surface area (Å²) in [5, 5.41) is 12.0.